The first-order valence-electron chi connectivity index (χ1n) is 10.7. The minimum absolute atomic E-state index is 0.213. The molecule has 10 nitrogen and oxygen atoms in total. The van der Waals surface area contributed by atoms with Gasteiger partial charge in [0.25, 0.3) is 0 Å². The Balaban J connectivity index is 1.58. The molecule has 5 heterocycles. The summed E-state index contributed by atoms with van der Waals surface area (Å²) < 4.78 is 6.62. The van der Waals surface area contributed by atoms with Crippen LogP contribution in [0, 0.1) is 6.92 Å². The molecule has 1 amide bonds. The number of aromatic nitrogens is 4. The number of ether oxygens (including phenoxy) is 1. The number of hydrogen-bond acceptors (Lipinski definition) is 9. The van der Waals surface area contributed by atoms with E-state index in [0.29, 0.717) is 38.0 Å². The predicted molar refractivity (Wildman–Crippen MR) is 122 cm³/mol. The Labute approximate surface area is 189 Å². The van der Waals surface area contributed by atoms with E-state index in [-0.39, 0.29) is 5.95 Å². The fourth-order valence-corrected chi connectivity index (χ4v) is 5.82. The Morgan fingerprint density at radius 2 is 1.84 bits per heavy atom. The number of hydrogen-bond donors (Lipinski definition) is 2. The van der Waals surface area contributed by atoms with Gasteiger partial charge in [-0.25, -0.2) is 24.7 Å². The zero-order valence-corrected chi connectivity index (χ0v) is 18.6. The highest BCUT2D eigenvalue weighted by Crippen LogP contribution is 2.43. The molecule has 0 spiro atoms. The Morgan fingerprint density at radius 3 is 2.50 bits per heavy atom. The molecule has 3 N–H and O–H groups in total. The van der Waals surface area contributed by atoms with Crippen LogP contribution in [-0.4, -0.2) is 75.4 Å². The summed E-state index contributed by atoms with van der Waals surface area (Å²) in [4.78, 5) is 34.4. The molecular weight excluding hydrogens is 430 g/mol. The van der Waals surface area contributed by atoms with Crippen molar-refractivity contribution in [2.75, 3.05) is 50.0 Å². The molecule has 0 aliphatic carbocycles. The van der Waals surface area contributed by atoms with Gasteiger partial charge in [-0.15, -0.1) is 11.3 Å². The molecule has 0 saturated carbocycles. The first kappa shape index (κ1) is 20.8. The van der Waals surface area contributed by atoms with Crippen LogP contribution in [0.2, 0.25) is 0 Å². The van der Waals surface area contributed by atoms with Gasteiger partial charge >= 0.3 is 6.09 Å². The second-order valence-corrected chi connectivity index (χ2v) is 9.17. The van der Waals surface area contributed by atoms with Crippen LogP contribution in [0.5, 0.6) is 0 Å². The van der Waals surface area contributed by atoms with Crippen LogP contribution in [0.3, 0.4) is 0 Å². The summed E-state index contributed by atoms with van der Waals surface area (Å²) in [6.07, 6.45) is 4.10. The number of nitrogens with two attached hydrogens (primary N) is 1. The third kappa shape index (κ3) is 3.82. The minimum atomic E-state index is -0.840. The molecule has 0 unspecified atom stereocenters. The highest BCUT2D eigenvalue weighted by atomic mass is 32.1. The normalized spacial score (nSPS) is 17.8. The van der Waals surface area contributed by atoms with Crippen molar-refractivity contribution in [3.63, 3.8) is 0 Å². The Bertz CT molecular complexity index is 1140. The number of nitrogens with zero attached hydrogens (tertiary/aromatic N) is 6. The van der Waals surface area contributed by atoms with Crippen LogP contribution < -0.4 is 10.6 Å². The number of thiophene rings is 1. The van der Waals surface area contributed by atoms with Gasteiger partial charge in [-0.2, -0.15) is 0 Å². The monoisotopic (exact) mass is 455 g/mol. The highest BCUT2D eigenvalue weighted by molar-refractivity contribution is 7.20. The molecule has 3 aromatic heterocycles. The quantitative estimate of drug-likeness (QED) is 0.612. The van der Waals surface area contributed by atoms with E-state index in [4.69, 9.17) is 20.4 Å². The van der Waals surface area contributed by atoms with Gasteiger partial charge in [0, 0.05) is 43.4 Å². The van der Waals surface area contributed by atoms with Gasteiger partial charge in [0.15, 0.2) is 11.6 Å². The molecule has 0 bridgehead atoms. The van der Waals surface area contributed by atoms with Crippen molar-refractivity contribution < 1.29 is 14.6 Å². The second kappa shape index (κ2) is 8.47. The van der Waals surface area contributed by atoms with E-state index in [0.717, 1.165) is 53.1 Å². The topological polar surface area (TPSA) is 131 Å². The molecule has 32 heavy (non-hydrogen) atoms. The number of aryl methyl sites for hydroxylation is 1. The van der Waals surface area contributed by atoms with E-state index < -0.39 is 6.09 Å². The number of fused-ring (bicyclic) bond motifs is 1. The smallest absolute Gasteiger partial charge is 0.407 e. The van der Waals surface area contributed by atoms with E-state index in [2.05, 4.69) is 21.8 Å². The largest absolute Gasteiger partial charge is 0.465 e. The third-order valence-electron chi connectivity index (χ3n) is 6.16. The Hall–Kier alpha value is -3.05. The molecule has 2 aliphatic heterocycles. The standard InChI is InChI=1S/C21H25N7O3S/c1-12-15-17(32-16(12)13-2-4-28(5-3-13)21(29)30)19(27-6-8-31-9-7-27)26-18(25-15)14-10-23-20(22)24-11-14/h10-11,13H,2-9H2,1H3,(H,29,30)(H2,22,23,24). The SMILES string of the molecule is Cc1c(C2CCN(C(=O)O)CC2)sc2c(N3CCOCC3)nc(-c3cnc(N)nc3)nc12. The minimum Gasteiger partial charge on any atom is -0.465 e. The fraction of sp³-hybridized carbons (Fsp3) is 0.476. The van der Waals surface area contributed by atoms with E-state index >= 15 is 0 Å². The van der Waals surface area contributed by atoms with Crippen LogP contribution in [0.4, 0.5) is 16.6 Å². The number of carboxylic acid groups (broad SMARTS) is 1. The number of morpholine rings is 1. The first-order valence-corrected chi connectivity index (χ1v) is 11.5. The van der Waals surface area contributed by atoms with Gasteiger partial charge in [-0.1, -0.05) is 0 Å². The molecule has 0 atom stereocenters. The maximum atomic E-state index is 11.3. The van der Waals surface area contributed by atoms with E-state index in [9.17, 15) is 9.90 Å². The van der Waals surface area contributed by atoms with Gasteiger partial charge < -0.3 is 25.4 Å². The first-order chi connectivity index (χ1) is 15.5. The molecule has 5 rings (SSSR count). The molecule has 168 valence electrons. The maximum absolute atomic E-state index is 11.3. The average molecular weight is 456 g/mol. The average Bonchev–Trinajstić information content (AvgIpc) is 3.16. The molecule has 0 radical (unpaired) electrons. The number of nitrogen functional groups attached to an aromatic ring is 1. The Morgan fingerprint density at radius 1 is 1.16 bits per heavy atom. The molecule has 11 heteroatoms. The van der Waals surface area contributed by atoms with Gasteiger partial charge in [0.1, 0.15) is 0 Å². The summed E-state index contributed by atoms with van der Waals surface area (Å²) in [5.41, 5.74) is 8.46. The lowest BCUT2D eigenvalue weighted by molar-refractivity contribution is 0.122. The molecule has 2 fully saturated rings. The maximum Gasteiger partial charge on any atom is 0.407 e. The highest BCUT2D eigenvalue weighted by Gasteiger charge is 2.29. The van der Waals surface area contributed by atoms with Crippen molar-refractivity contribution in [1.82, 2.24) is 24.8 Å². The third-order valence-corrected chi connectivity index (χ3v) is 7.60. The zero-order chi connectivity index (χ0) is 22.2. The summed E-state index contributed by atoms with van der Waals surface area (Å²) >= 11 is 1.74. The molecular formula is C21H25N7O3S. The number of carbonyl (C=O) groups is 1. The fourth-order valence-electron chi connectivity index (χ4n) is 4.38. The van der Waals surface area contributed by atoms with Gasteiger partial charge in [0.05, 0.1) is 29.0 Å². The predicted octanol–water partition coefficient (Wildman–Crippen LogP) is 2.73. The molecule has 0 aromatic carbocycles. The summed E-state index contributed by atoms with van der Waals surface area (Å²) in [5, 5.41) is 9.28. The number of amides is 1. The number of likely N-dealkylation sites (tertiary alicyclic amines) is 1. The van der Waals surface area contributed by atoms with Crippen LogP contribution in [0.15, 0.2) is 12.4 Å². The summed E-state index contributed by atoms with van der Waals surface area (Å²) in [6, 6.07) is 0. The summed E-state index contributed by atoms with van der Waals surface area (Å²) in [6.45, 7) is 6.10. The number of piperidine rings is 1. The van der Waals surface area contributed by atoms with Crippen molar-refractivity contribution >= 4 is 39.4 Å². The van der Waals surface area contributed by atoms with E-state index in [1.165, 1.54) is 9.78 Å². The number of anilines is 2. The number of rotatable bonds is 3. The van der Waals surface area contributed by atoms with Crippen molar-refractivity contribution in [2.24, 2.45) is 0 Å². The lowest BCUT2D eigenvalue weighted by atomic mass is 9.93. The van der Waals surface area contributed by atoms with Crippen LogP contribution in [0.1, 0.15) is 29.2 Å². The van der Waals surface area contributed by atoms with Gasteiger partial charge in [0.2, 0.25) is 5.95 Å². The van der Waals surface area contributed by atoms with E-state index in [1.54, 1.807) is 23.7 Å². The summed E-state index contributed by atoms with van der Waals surface area (Å²) in [7, 11) is 0. The summed E-state index contributed by atoms with van der Waals surface area (Å²) in [5.74, 6) is 2.02. The van der Waals surface area contributed by atoms with Crippen LogP contribution >= 0.6 is 11.3 Å². The van der Waals surface area contributed by atoms with Gasteiger partial charge in [-0.05, 0) is 31.2 Å². The zero-order valence-electron chi connectivity index (χ0n) is 17.8. The Kier molecular flexibility index (Phi) is 5.51. The van der Waals surface area contributed by atoms with Crippen molar-refractivity contribution in [2.45, 2.75) is 25.7 Å². The van der Waals surface area contributed by atoms with Gasteiger partial charge in [-0.3, -0.25) is 0 Å². The lowest BCUT2D eigenvalue weighted by Crippen LogP contribution is -2.37. The molecule has 3 aromatic rings. The van der Waals surface area contributed by atoms with Crippen molar-refractivity contribution in [1.29, 1.82) is 0 Å². The lowest BCUT2D eigenvalue weighted by Gasteiger charge is -2.29. The van der Waals surface area contributed by atoms with Crippen molar-refractivity contribution in [3.05, 3.63) is 22.8 Å². The second-order valence-electron chi connectivity index (χ2n) is 8.11. The molecule has 2 saturated heterocycles. The molecule has 2 aliphatic rings. The van der Waals surface area contributed by atoms with Crippen LogP contribution in [0.25, 0.3) is 21.6 Å². The van der Waals surface area contributed by atoms with Crippen LogP contribution in [-0.2, 0) is 4.74 Å². The van der Waals surface area contributed by atoms with E-state index in [1.807, 2.05) is 0 Å². The van der Waals surface area contributed by atoms with Crippen molar-refractivity contribution in [3.8, 4) is 11.4 Å².